The molecule has 0 aliphatic rings. The maximum absolute atomic E-state index is 13.1. The van der Waals surface area contributed by atoms with Gasteiger partial charge in [-0.25, -0.2) is 4.79 Å². The van der Waals surface area contributed by atoms with Gasteiger partial charge in [-0.1, -0.05) is 54.1 Å². The van der Waals surface area contributed by atoms with Crippen molar-refractivity contribution < 1.29 is 19.2 Å². The lowest BCUT2D eigenvalue weighted by Crippen LogP contribution is -2.26. The molecular weight excluding hydrogens is 420 g/mol. The normalized spacial score (nSPS) is 11.5. The van der Waals surface area contributed by atoms with Crippen LogP contribution >= 0.6 is 11.6 Å². The first-order valence-corrected chi connectivity index (χ1v) is 9.72. The maximum atomic E-state index is 13.1. The third kappa shape index (κ3) is 5.26. The number of hydrogen-bond acceptors (Lipinski definition) is 5. The van der Waals surface area contributed by atoms with Crippen LogP contribution in [0.4, 0.5) is 11.4 Å². The van der Waals surface area contributed by atoms with E-state index in [1.807, 2.05) is 32.0 Å². The minimum atomic E-state index is -1.25. The second-order valence-electron chi connectivity index (χ2n) is 6.92. The molecule has 0 radical (unpaired) electrons. The number of halogens is 1. The van der Waals surface area contributed by atoms with Crippen LogP contribution < -0.4 is 5.32 Å². The summed E-state index contributed by atoms with van der Waals surface area (Å²) in [4.78, 5) is 36.1. The van der Waals surface area contributed by atoms with Crippen LogP contribution in [0.5, 0.6) is 0 Å². The monoisotopic (exact) mass is 438 g/mol. The lowest BCUT2D eigenvalue weighted by atomic mass is 10.1. The number of aryl methyl sites for hydroxylation is 2. The summed E-state index contributed by atoms with van der Waals surface area (Å²) in [5.74, 6) is -1.41. The SMILES string of the molecule is Cc1ccc(C)c(NC(=O)[C@@H](OC(=O)c2ccc([N+](=O)[O-])cc2Cl)c2ccccc2)c1. The fourth-order valence-electron chi connectivity index (χ4n) is 2.92. The zero-order chi connectivity index (χ0) is 22.5. The van der Waals surface area contributed by atoms with Gasteiger partial charge in [0.1, 0.15) is 0 Å². The highest BCUT2D eigenvalue weighted by Crippen LogP contribution is 2.27. The number of ether oxygens (including phenoxy) is 1. The fraction of sp³-hybridized carbons (Fsp3) is 0.130. The van der Waals surface area contributed by atoms with Gasteiger partial charge in [0.2, 0.25) is 6.10 Å². The number of benzene rings is 3. The van der Waals surface area contributed by atoms with E-state index in [-0.39, 0.29) is 16.3 Å². The Balaban J connectivity index is 1.89. The minimum Gasteiger partial charge on any atom is -0.444 e. The summed E-state index contributed by atoms with van der Waals surface area (Å²) < 4.78 is 5.50. The Labute approximate surface area is 183 Å². The molecule has 1 amide bonds. The Hall–Kier alpha value is -3.71. The standard InChI is InChI=1S/C23H19ClN2O5/c1-14-8-9-15(2)20(12-14)25-22(27)21(16-6-4-3-5-7-16)31-23(28)18-11-10-17(26(29)30)13-19(18)24/h3-13,21H,1-2H3,(H,25,27)/t21-/m0/s1. The number of non-ortho nitro benzene ring substituents is 1. The van der Waals surface area contributed by atoms with E-state index in [0.29, 0.717) is 11.3 Å². The van der Waals surface area contributed by atoms with Crippen LogP contribution in [-0.2, 0) is 9.53 Å². The number of nitro benzene ring substituents is 1. The molecule has 0 aromatic heterocycles. The molecule has 8 heteroatoms. The van der Waals surface area contributed by atoms with Crippen LogP contribution in [0.25, 0.3) is 0 Å². The summed E-state index contributed by atoms with van der Waals surface area (Å²) in [6.45, 7) is 3.76. The number of nitrogens with one attached hydrogen (secondary N) is 1. The molecular formula is C23H19ClN2O5. The van der Waals surface area contributed by atoms with Crippen LogP contribution in [0.1, 0.15) is 33.2 Å². The van der Waals surface area contributed by atoms with Crippen LogP contribution in [-0.4, -0.2) is 16.8 Å². The van der Waals surface area contributed by atoms with Crippen LogP contribution in [0.3, 0.4) is 0 Å². The smallest absolute Gasteiger partial charge is 0.340 e. The molecule has 0 aliphatic carbocycles. The number of rotatable bonds is 6. The number of hydrogen-bond donors (Lipinski definition) is 1. The molecule has 7 nitrogen and oxygen atoms in total. The molecule has 0 heterocycles. The van der Waals surface area contributed by atoms with Gasteiger partial charge in [0.15, 0.2) is 0 Å². The van der Waals surface area contributed by atoms with Gasteiger partial charge in [0, 0.05) is 23.4 Å². The van der Waals surface area contributed by atoms with Crippen molar-refractivity contribution in [3.05, 3.63) is 104 Å². The van der Waals surface area contributed by atoms with Gasteiger partial charge in [-0.15, -0.1) is 0 Å². The number of amides is 1. The fourth-order valence-corrected chi connectivity index (χ4v) is 3.18. The summed E-state index contributed by atoms with van der Waals surface area (Å²) in [7, 11) is 0. The van der Waals surface area contributed by atoms with Crippen molar-refractivity contribution in [3.8, 4) is 0 Å². The highest BCUT2D eigenvalue weighted by molar-refractivity contribution is 6.33. The number of nitrogens with zero attached hydrogens (tertiary/aromatic N) is 1. The first-order valence-electron chi connectivity index (χ1n) is 9.34. The van der Waals surface area contributed by atoms with Crippen LogP contribution in [0.2, 0.25) is 5.02 Å². The molecule has 0 bridgehead atoms. The number of anilines is 1. The quantitative estimate of drug-likeness (QED) is 0.315. The highest BCUT2D eigenvalue weighted by atomic mass is 35.5. The van der Waals surface area contributed by atoms with Gasteiger partial charge in [0.05, 0.1) is 15.5 Å². The van der Waals surface area contributed by atoms with Gasteiger partial charge in [0.25, 0.3) is 11.6 Å². The van der Waals surface area contributed by atoms with Crippen LogP contribution in [0.15, 0.2) is 66.7 Å². The largest absolute Gasteiger partial charge is 0.444 e. The maximum Gasteiger partial charge on any atom is 0.340 e. The van der Waals surface area contributed by atoms with E-state index in [9.17, 15) is 19.7 Å². The number of nitro groups is 1. The Morgan fingerprint density at radius 3 is 2.39 bits per heavy atom. The number of carbonyl (C=O) groups excluding carboxylic acids is 2. The van der Waals surface area contributed by atoms with Gasteiger partial charge in [-0.2, -0.15) is 0 Å². The second-order valence-corrected chi connectivity index (χ2v) is 7.33. The van der Waals surface area contributed by atoms with E-state index in [2.05, 4.69) is 5.32 Å². The Morgan fingerprint density at radius 1 is 1.03 bits per heavy atom. The third-order valence-corrected chi connectivity index (χ3v) is 4.91. The minimum absolute atomic E-state index is 0.0762. The molecule has 0 saturated heterocycles. The highest BCUT2D eigenvalue weighted by Gasteiger charge is 2.27. The molecule has 1 atom stereocenters. The van der Waals surface area contributed by atoms with Gasteiger partial charge >= 0.3 is 5.97 Å². The Bertz CT molecular complexity index is 1150. The van der Waals surface area contributed by atoms with E-state index < -0.39 is 22.9 Å². The molecule has 1 N–H and O–H groups in total. The predicted octanol–water partition coefficient (Wildman–Crippen LogP) is 5.40. The molecule has 0 fully saturated rings. The summed E-state index contributed by atoms with van der Waals surface area (Å²) in [5.41, 5.74) is 2.57. The summed E-state index contributed by atoms with van der Waals surface area (Å²) >= 11 is 6.04. The number of carbonyl (C=O) groups is 2. The average molecular weight is 439 g/mol. The second kappa shape index (κ2) is 9.40. The topological polar surface area (TPSA) is 98.5 Å². The average Bonchev–Trinajstić information content (AvgIpc) is 2.74. The zero-order valence-electron chi connectivity index (χ0n) is 16.8. The number of esters is 1. The first kappa shape index (κ1) is 22.0. The Morgan fingerprint density at radius 2 is 1.74 bits per heavy atom. The molecule has 3 aromatic carbocycles. The lowest BCUT2D eigenvalue weighted by Gasteiger charge is -2.19. The molecule has 3 rings (SSSR count). The summed E-state index contributed by atoms with van der Waals surface area (Å²) in [6.07, 6.45) is -1.25. The van der Waals surface area contributed by atoms with E-state index in [0.717, 1.165) is 23.3 Å². The molecule has 31 heavy (non-hydrogen) atoms. The van der Waals surface area contributed by atoms with Crippen molar-refractivity contribution in [2.75, 3.05) is 5.32 Å². The van der Waals surface area contributed by atoms with Crippen molar-refractivity contribution in [1.82, 2.24) is 0 Å². The van der Waals surface area contributed by atoms with E-state index in [1.165, 1.54) is 6.07 Å². The predicted molar refractivity (Wildman–Crippen MR) is 117 cm³/mol. The molecule has 0 saturated carbocycles. The molecule has 3 aromatic rings. The van der Waals surface area contributed by atoms with Crippen LogP contribution in [0, 0.1) is 24.0 Å². The molecule has 0 spiro atoms. The Kier molecular flexibility index (Phi) is 6.67. The lowest BCUT2D eigenvalue weighted by molar-refractivity contribution is -0.384. The van der Waals surface area contributed by atoms with Gasteiger partial charge in [-0.05, 0) is 37.1 Å². The van der Waals surface area contributed by atoms with Gasteiger partial charge in [-0.3, -0.25) is 14.9 Å². The first-order chi connectivity index (χ1) is 14.8. The van der Waals surface area contributed by atoms with E-state index in [4.69, 9.17) is 16.3 Å². The van der Waals surface area contributed by atoms with Crippen molar-refractivity contribution in [1.29, 1.82) is 0 Å². The summed E-state index contributed by atoms with van der Waals surface area (Å²) in [6, 6.07) is 17.6. The molecule has 0 aliphatic heterocycles. The van der Waals surface area contributed by atoms with E-state index in [1.54, 1.807) is 30.3 Å². The van der Waals surface area contributed by atoms with Crippen molar-refractivity contribution >= 4 is 34.9 Å². The molecule has 0 unspecified atom stereocenters. The van der Waals surface area contributed by atoms with Gasteiger partial charge < -0.3 is 10.1 Å². The van der Waals surface area contributed by atoms with Crippen molar-refractivity contribution in [3.63, 3.8) is 0 Å². The van der Waals surface area contributed by atoms with Crippen molar-refractivity contribution in [2.45, 2.75) is 20.0 Å². The third-order valence-electron chi connectivity index (χ3n) is 4.60. The van der Waals surface area contributed by atoms with Crippen molar-refractivity contribution in [2.24, 2.45) is 0 Å². The summed E-state index contributed by atoms with van der Waals surface area (Å²) in [5, 5.41) is 13.6. The molecule has 158 valence electrons. The zero-order valence-corrected chi connectivity index (χ0v) is 17.6. The van der Waals surface area contributed by atoms with E-state index >= 15 is 0 Å².